The number of hydrogen-bond acceptors (Lipinski definition) is 5. The highest BCUT2D eigenvalue weighted by molar-refractivity contribution is 5.80. The highest BCUT2D eigenvalue weighted by Gasteiger charge is 2.74. The summed E-state index contributed by atoms with van der Waals surface area (Å²) in [6.07, 6.45) is 9.71. The molecule has 7 rings (SSSR count). The van der Waals surface area contributed by atoms with Gasteiger partial charge in [0.15, 0.2) is 11.5 Å². The maximum Gasteiger partial charge on any atom is 0.166 e. The first-order valence-corrected chi connectivity index (χ1v) is 14.4. The monoisotopic (exact) mass is 513 g/mol. The van der Waals surface area contributed by atoms with Crippen molar-refractivity contribution in [2.75, 3.05) is 20.2 Å². The lowest BCUT2D eigenvalue weighted by Gasteiger charge is -2.67. The molecule has 0 N–H and O–H groups in total. The Morgan fingerprint density at radius 3 is 2.71 bits per heavy atom. The van der Waals surface area contributed by atoms with Crippen LogP contribution in [0, 0.1) is 17.3 Å². The van der Waals surface area contributed by atoms with Crippen molar-refractivity contribution in [1.29, 1.82) is 0 Å². The number of likely N-dealkylation sites (tertiary alicyclic amines) is 1. The molecule has 0 radical (unpaired) electrons. The molecule has 1 unspecified atom stereocenters. The van der Waals surface area contributed by atoms with E-state index < -0.39 is 0 Å². The van der Waals surface area contributed by atoms with Gasteiger partial charge in [-0.05, 0) is 75.6 Å². The zero-order chi connectivity index (χ0) is 26.1. The van der Waals surface area contributed by atoms with E-state index >= 15 is 0 Å². The first kappa shape index (κ1) is 24.4. The Hall–Kier alpha value is -2.63. The van der Waals surface area contributed by atoms with Crippen LogP contribution in [0.4, 0.5) is 0 Å². The van der Waals surface area contributed by atoms with E-state index in [0.29, 0.717) is 12.6 Å². The van der Waals surface area contributed by atoms with E-state index in [1.54, 1.807) is 14.0 Å². The van der Waals surface area contributed by atoms with E-state index in [0.717, 1.165) is 48.8 Å². The van der Waals surface area contributed by atoms with Gasteiger partial charge in [-0.15, -0.1) is 0 Å². The van der Waals surface area contributed by atoms with Gasteiger partial charge in [-0.2, -0.15) is 0 Å². The Balaban J connectivity index is 1.39. The van der Waals surface area contributed by atoms with E-state index in [4.69, 9.17) is 14.2 Å². The van der Waals surface area contributed by atoms with Crippen molar-refractivity contribution in [2.24, 2.45) is 17.3 Å². The minimum Gasteiger partial charge on any atom is -0.485 e. The minimum absolute atomic E-state index is 0.179. The van der Waals surface area contributed by atoms with Gasteiger partial charge in [0.05, 0.1) is 5.41 Å². The largest absolute Gasteiger partial charge is 0.485 e. The number of allylic oxidation sites excluding steroid dienone is 1. The summed E-state index contributed by atoms with van der Waals surface area (Å²) >= 11 is 0. The number of piperidine rings is 1. The summed E-state index contributed by atoms with van der Waals surface area (Å²) in [5.74, 6) is 2.53. The second kappa shape index (κ2) is 8.96. The lowest BCUT2D eigenvalue weighted by molar-refractivity contribution is -0.176. The van der Waals surface area contributed by atoms with Crippen LogP contribution in [0.3, 0.4) is 0 Å². The molecule has 2 aliphatic heterocycles. The molecule has 3 fully saturated rings. The Morgan fingerprint density at radius 1 is 1.18 bits per heavy atom. The number of hydrogen-bond donors (Lipinski definition) is 0. The van der Waals surface area contributed by atoms with Crippen LogP contribution in [-0.4, -0.2) is 49.1 Å². The number of ketones is 1. The van der Waals surface area contributed by atoms with E-state index in [2.05, 4.69) is 48.2 Å². The van der Waals surface area contributed by atoms with Crippen molar-refractivity contribution in [3.8, 4) is 11.5 Å². The smallest absolute Gasteiger partial charge is 0.166 e. The normalized spacial score (nSPS) is 35.1. The van der Waals surface area contributed by atoms with Gasteiger partial charge in [-0.3, -0.25) is 9.69 Å². The van der Waals surface area contributed by atoms with Gasteiger partial charge in [-0.1, -0.05) is 48.6 Å². The second-order valence-corrected chi connectivity index (χ2v) is 12.3. The number of Topliss-reactive ketones (excluding diaryl/α,β-unsaturated/α-hetero) is 1. The van der Waals surface area contributed by atoms with Gasteiger partial charge in [0.25, 0.3) is 0 Å². The predicted molar refractivity (Wildman–Crippen MR) is 147 cm³/mol. The van der Waals surface area contributed by atoms with Crippen LogP contribution in [0.25, 0.3) is 0 Å². The van der Waals surface area contributed by atoms with E-state index in [-0.39, 0.29) is 34.7 Å². The molecule has 1 saturated heterocycles. The molecule has 38 heavy (non-hydrogen) atoms. The molecular weight excluding hydrogens is 474 g/mol. The average molecular weight is 514 g/mol. The summed E-state index contributed by atoms with van der Waals surface area (Å²) in [7, 11) is 1.75. The molecule has 6 atom stereocenters. The molecule has 5 heteroatoms. The lowest BCUT2D eigenvalue weighted by atomic mass is 9.41. The quantitative estimate of drug-likeness (QED) is 0.437. The molecule has 1 spiro atoms. The SMILES string of the molecule is C/C=C/[C@]12C[C@H](C(C)=O)C(OC)[C@@H]3Oc4c(OCc5ccccc5)ccc5c4[C@@]31CCN(CC1CC1)[C@@H]2C5. The van der Waals surface area contributed by atoms with E-state index in [1.165, 1.54) is 30.5 Å². The fraction of sp³-hybridized carbons (Fsp3) is 0.545. The Kier molecular flexibility index (Phi) is 5.75. The Morgan fingerprint density at radius 2 is 2.00 bits per heavy atom. The number of ether oxygens (including phenoxy) is 3. The molecular formula is C33H39NO4. The molecule has 2 aromatic carbocycles. The maximum absolute atomic E-state index is 13.2. The van der Waals surface area contributed by atoms with Crippen molar-refractivity contribution >= 4 is 5.78 Å². The summed E-state index contributed by atoms with van der Waals surface area (Å²) < 4.78 is 19.7. The van der Waals surface area contributed by atoms with Gasteiger partial charge in [0.2, 0.25) is 0 Å². The standard InChI is InChI=1S/C33H39NO4/c1-4-14-32-18-25(21(2)35)29(36-3)31-33(32)15-16-34(19-22-10-11-22)27(32)17-24-12-13-26(30(38-31)28(24)33)37-20-23-8-6-5-7-9-23/h4-9,12-14,22,25,27,29,31H,10-11,15-20H2,1-3H3/b14-4+/t25-,27-,29?,31+,32-,33+/m1/s1. The zero-order valence-electron chi connectivity index (χ0n) is 22.8. The highest BCUT2D eigenvalue weighted by Crippen LogP contribution is 2.71. The number of methoxy groups -OCH3 is 1. The average Bonchev–Trinajstić information content (AvgIpc) is 3.67. The predicted octanol–water partition coefficient (Wildman–Crippen LogP) is 5.49. The van der Waals surface area contributed by atoms with Crippen LogP contribution in [0.2, 0.25) is 0 Å². The fourth-order valence-corrected chi connectivity index (χ4v) is 8.71. The van der Waals surface area contributed by atoms with Crippen LogP contribution in [-0.2, 0) is 28.0 Å². The molecule has 2 bridgehead atoms. The summed E-state index contributed by atoms with van der Waals surface area (Å²) in [5.41, 5.74) is 3.44. The van der Waals surface area contributed by atoms with Gasteiger partial charge < -0.3 is 14.2 Å². The third-order valence-electron chi connectivity index (χ3n) is 10.4. The second-order valence-electron chi connectivity index (χ2n) is 12.3. The van der Waals surface area contributed by atoms with E-state index in [9.17, 15) is 4.79 Å². The fourth-order valence-electron chi connectivity index (χ4n) is 8.71. The van der Waals surface area contributed by atoms with Crippen LogP contribution in [0.5, 0.6) is 11.5 Å². The van der Waals surface area contributed by atoms with Crippen molar-refractivity contribution < 1.29 is 19.0 Å². The maximum atomic E-state index is 13.2. The molecule has 200 valence electrons. The van der Waals surface area contributed by atoms with Crippen molar-refractivity contribution in [1.82, 2.24) is 4.90 Å². The molecule has 3 aliphatic carbocycles. The molecule has 0 aromatic heterocycles. The van der Waals surface area contributed by atoms with Crippen LogP contribution in [0.15, 0.2) is 54.6 Å². The van der Waals surface area contributed by atoms with E-state index in [1.807, 2.05) is 18.2 Å². The number of carbonyl (C=O) groups is 1. The molecule has 2 aromatic rings. The zero-order valence-corrected chi connectivity index (χ0v) is 22.8. The molecule has 5 aliphatic rings. The third-order valence-corrected chi connectivity index (χ3v) is 10.4. The number of nitrogens with zero attached hydrogens (tertiary/aromatic N) is 1. The summed E-state index contributed by atoms with van der Waals surface area (Å²) in [4.78, 5) is 15.9. The van der Waals surface area contributed by atoms with Crippen molar-refractivity contribution in [3.63, 3.8) is 0 Å². The highest BCUT2D eigenvalue weighted by atomic mass is 16.6. The van der Waals surface area contributed by atoms with Crippen molar-refractivity contribution in [3.05, 3.63) is 71.3 Å². The third kappa shape index (κ3) is 3.34. The van der Waals surface area contributed by atoms with Crippen LogP contribution < -0.4 is 9.47 Å². The molecule has 2 saturated carbocycles. The van der Waals surface area contributed by atoms with Gasteiger partial charge in [0, 0.05) is 36.6 Å². The number of carbonyl (C=O) groups excluding carboxylic acids is 1. The summed E-state index contributed by atoms with van der Waals surface area (Å²) in [6.45, 7) is 6.61. The number of benzene rings is 2. The van der Waals surface area contributed by atoms with Crippen molar-refractivity contribution in [2.45, 2.75) is 76.2 Å². The lowest BCUT2D eigenvalue weighted by Crippen LogP contribution is -2.74. The first-order chi connectivity index (χ1) is 18.5. The molecule has 5 nitrogen and oxygen atoms in total. The minimum atomic E-state index is -0.276. The Labute approximate surface area is 226 Å². The van der Waals surface area contributed by atoms with Gasteiger partial charge in [0.1, 0.15) is 24.6 Å². The molecule has 0 amide bonds. The summed E-state index contributed by atoms with van der Waals surface area (Å²) in [5, 5.41) is 0. The van der Waals surface area contributed by atoms with Crippen LogP contribution in [0.1, 0.15) is 56.2 Å². The van der Waals surface area contributed by atoms with Crippen LogP contribution >= 0.6 is 0 Å². The Bertz CT molecular complexity index is 1270. The number of rotatable bonds is 8. The first-order valence-electron chi connectivity index (χ1n) is 14.4. The van der Waals surface area contributed by atoms with Gasteiger partial charge in [-0.25, -0.2) is 0 Å². The molecule has 2 heterocycles. The topological polar surface area (TPSA) is 48.0 Å². The summed E-state index contributed by atoms with van der Waals surface area (Å²) in [6, 6.07) is 15.0. The van der Waals surface area contributed by atoms with Gasteiger partial charge >= 0.3 is 0 Å².